The van der Waals surface area contributed by atoms with Crippen molar-refractivity contribution in [3.8, 4) is 5.75 Å². The van der Waals surface area contributed by atoms with Crippen LogP contribution in [0.5, 0.6) is 5.75 Å². The molecule has 2 aromatic carbocycles. The number of aldehydes is 1. The molecule has 0 aliphatic heterocycles. The number of halogens is 1. The highest BCUT2D eigenvalue weighted by molar-refractivity contribution is 7.98. The van der Waals surface area contributed by atoms with Crippen LogP contribution in [0.2, 0.25) is 5.02 Å². The molecule has 2 nitrogen and oxygen atoms in total. The number of methoxy groups -OCH3 is 1. The molecule has 0 radical (unpaired) electrons. The first kappa shape index (κ1) is 14.0. The first-order chi connectivity index (χ1) is 9.22. The lowest BCUT2D eigenvalue weighted by Gasteiger charge is -2.09. The number of thioether (sulfide) groups is 1. The third-order valence-electron chi connectivity index (χ3n) is 2.63. The Bertz CT molecular complexity index is 584. The Morgan fingerprint density at radius 3 is 2.84 bits per heavy atom. The van der Waals surface area contributed by atoms with E-state index in [1.54, 1.807) is 24.9 Å². The molecule has 0 bridgehead atoms. The highest BCUT2D eigenvalue weighted by Crippen LogP contribution is 2.30. The summed E-state index contributed by atoms with van der Waals surface area (Å²) >= 11 is 7.64. The molecule has 0 amide bonds. The van der Waals surface area contributed by atoms with Crippen molar-refractivity contribution in [1.82, 2.24) is 0 Å². The van der Waals surface area contributed by atoms with Gasteiger partial charge in [0.1, 0.15) is 12.0 Å². The van der Waals surface area contributed by atoms with E-state index in [9.17, 15) is 4.79 Å². The molecule has 0 heterocycles. The summed E-state index contributed by atoms with van der Waals surface area (Å²) in [5.74, 6) is 1.56. The molecule has 0 saturated heterocycles. The molecule has 0 fully saturated rings. The van der Waals surface area contributed by atoms with Gasteiger partial charge in [-0.1, -0.05) is 23.7 Å². The Hall–Kier alpha value is -1.45. The fourth-order valence-electron chi connectivity index (χ4n) is 1.70. The summed E-state index contributed by atoms with van der Waals surface area (Å²) in [7, 11) is 1.64. The van der Waals surface area contributed by atoms with Crippen molar-refractivity contribution in [2.45, 2.75) is 10.6 Å². The topological polar surface area (TPSA) is 26.3 Å². The summed E-state index contributed by atoms with van der Waals surface area (Å²) < 4.78 is 5.31. The van der Waals surface area contributed by atoms with Crippen molar-refractivity contribution < 1.29 is 9.53 Å². The molecule has 0 spiro atoms. The lowest BCUT2D eigenvalue weighted by molar-refractivity contribution is 0.112. The van der Waals surface area contributed by atoms with E-state index in [2.05, 4.69) is 0 Å². The molecule has 0 aromatic heterocycles. The molecule has 4 heteroatoms. The zero-order chi connectivity index (χ0) is 13.7. The van der Waals surface area contributed by atoms with Gasteiger partial charge < -0.3 is 4.74 Å². The van der Waals surface area contributed by atoms with E-state index in [0.717, 1.165) is 28.2 Å². The summed E-state index contributed by atoms with van der Waals surface area (Å²) in [5, 5.41) is 0.693. The van der Waals surface area contributed by atoms with E-state index < -0.39 is 0 Å². The second kappa shape index (κ2) is 6.64. The fourth-order valence-corrected chi connectivity index (χ4v) is 2.84. The average molecular weight is 293 g/mol. The van der Waals surface area contributed by atoms with Gasteiger partial charge >= 0.3 is 0 Å². The smallest absolute Gasteiger partial charge is 0.150 e. The first-order valence-electron chi connectivity index (χ1n) is 5.73. The van der Waals surface area contributed by atoms with E-state index in [-0.39, 0.29) is 0 Å². The van der Waals surface area contributed by atoms with Gasteiger partial charge in [-0.15, -0.1) is 11.8 Å². The first-order valence-corrected chi connectivity index (χ1v) is 7.10. The van der Waals surface area contributed by atoms with Crippen molar-refractivity contribution in [1.29, 1.82) is 0 Å². The van der Waals surface area contributed by atoms with Crippen molar-refractivity contribution in [2.24, 2.45) is 0 Å². The van der Waals surface area contributed by atoms with Gasteiger partial charge in [-0.05, 0) is 30.3 Å². The van der Waals surface area contributed by atoms with E-state index in [0.29, 0.717) is 10.6 Å². The maximum atomic E-state index is 10.7. The second-order valence-corrected chi connectivity index (χ2v) is 5.42. The van der Waals surface area contributed by atoms with Gasteiger partial charge in [-0.2, -0.15) is 0 Å². The number of carbonyl (C=O) groups is 1. The Morgan fingerprint density at radius 2 is 2.11 bits per heavy atom. The summed E-state index contributed by atoms with van der Waals surface area (Å²) in [6.45, 7) is 0. The van der Waals surface area contributed by atoms with Gasteiger partial charge in [-0.25, -0.2) is 0 Å². The zero-order valence-corrected chi connectivity index (χ0v) is 12.0. The Labute approximate surface area is 121 Å². The van der Waals surface area contributed by atoms with Crippen LogP contribution in [0.1, 0.15) is 15.9 Å². The number of hydrogen-bond acceptors (Lipinski definition) is 3. The van der Waals surface area contributed by atoms with Gasteiger partial charge in [-0.3, -0.25) is 4.79 Å². The summed E-state index contributed by atoms with van der Waals surface area (Å²) in [5.41, 5.74) is 1.72. The van der Waals surface area contributed by atoms with Crippen LogP contribution >= 0.6 is 23.4 Å². The second-order valence-electron chi connectivity index (χ2n) is 3.94. The molecule has 0 aliphatic carbocycles. The quantitative estimate of drug-likeness (QED) is 0.601. The Balaban J connectivity index is 2.13. The van der Waals surface area contributed by atoms with Crippen LogP contribution in [0.25, 0.3) is 0 Å². The fraction of sp³-hybridized carbons (Fsp3) is 0.133. The van der Waals surface area contributed by atoms with Crippen molar-refractivity contribution in [3.63, 3.8) is 0 Å². The van der Waals surface area contributed by atoms with Crippen molar-refractivity contribution in [2.75, 3.05) is 7.11 Å². The van der Waals surface area contributed by atoms with Crippen molar-refractivity contribution >= 4 is 29.6 Å². The molecule has 98 valence electrons. The number of carbonyl (C=O) groups excluding carboxylic acids is 1. The van der Waals surface area contributed by atoms with Crippen LogP contribution in [-0.4, -0.2) is 13.4 Å². The van der Waals surface area contributed by atoms with E-state index in [1.807, 2.05) is 36.4 Å². The highest BCUT2D eigenvalue weighted by atomic mass is 35.5. The van der Waals surface area contributed by atoms with Crippen LogP contribution in [0.15, 0.2) is 47.4 Å². The molecular formula is C15H13ClO2S. The number of ether oxygens (including phenoxy) is 1. The minimum atomic E-state index is 0.683. The molecule has 0 aliphatic rings. The SMILES string of the molecule is COc1ccc(Cl)cc1CSc1cccc(C=O)c1. The lowest BCUT2D eigenvalue weighted by atomic mass is 10.2. The number of rotatable bonds is 5. The van der Waals surface area contributed by atoms with Crippen LogP contribution in [0, 0.1) is 0 Å². The van der Waals surface area contributed by atoms with Gasteiger partial charge in [0, 0.05) is 26.8 Å². The summed E-state index contributed by atoms with van der Waals surface area (Å²) in [4.78, 5) is 11.8. The van der Waals surface area contributed by atoms with E-state index in [1.165, 1.54) is 0 Å². The number of hydrogen-bond donors (Lipinski definition) is 0. The minimum Gasteiger partial charge on any atom is -0.496 e. The van der Waals surface area contributed by atoms with E-state index >= 15 is 0 Å². The predicted molar refractivity (Wildman–Crippen MR) is 79.4 cm³/mol. The minimum absolute atomic E-state index is 0.683. The molecular weight excluding hydrogens is 280 g/mol. The third-order valence-corrected chi connectivity index (χ3v) is 3.91. The van der Waals surface area contributed by atoms with Gasteiger partial charge in [0.05, 0.1) is 7.11 Å². The molecule has 0 unspecified atom stereocenters. The number of benzene rings is 2. The lowest BCUT2D eigenvalue weighted by Crippen LogP contribution is -1.90. The van der Waals surface area contributed by atoms with Gasteiger partial charge in [0.25, 0.3) is 0 Å². The van der Waals surface area contributed by atoms with Gasteiger partial charge in [0.2, 0.25) is 0 Å². The highest BCUT2D eigenvalue weighted by Gasteiger charge is 2.05. The largest absolute Gasteiger partial charge is 0.496 e. The van der Waals surface area contributed by atoms with Crippen LogP contribution in [-0.2, 0) is 5.75 Å². The van der Waals surface area contributed by atoms with Gasteiger partial charge in [0.15, 0.2) is 0 Å². The van der Waals surface area contributed by atoms with Crippen LogP contribution < -0.4 is 4.74 Å². The molecule has 2 rings (SSSR count). The summed E-state index contributed by atoms with van der Waals surface area (Å²) in [6, 6.07) is 13.1. The monoisotopic (exact) mass is 292 g/mol. The van der Waals surface area contributed by atoms with Crippen LogP contribution in [0.4, 0.5) is 0 Å². The molecule has 19 heavy (non-hydrogen) atoms. The maximum absolute atomic E-state index is 10.7. The molecule has 0 atom stereocenters. The molecule has 0 saturated carbocycles. The van der Waals surface area contributed by atoms with Crippen molar-refractivity contribution in [3.05, 3.63) is 58.6 Å². The van der Waals surface area contributed by atoms with E-state index in [4.69, 9.17) is 16.3 Å². The normalized spacial score (nSPS) is 10.2. The predicted octanol–water partition coefficient (Wildman–Crippen LogP) is 4.45. The Morgan fingerprint density at radius 1 is 1.26 bits per heavy atom. The standard InChI is InChI=1S/C15H13ClO2S/c1-18-15-6-5-13(16)8-12(15)10-19-14-4-2-3-11(7-14)9-17/h2-9H,10H2,1H3. The van der Waals surface area contributed by atoms with Crippen LogP contribution in [0.3, 0.4) is 0 Å². The third kappa shape index (κ3) is 3.75. The molecule has 0 N–H and O–H groups in total. The maximum Gasteiger partial charge on any atom is 0.150 e. The average Bonchev–Trinajstić information content (AvgIpc) is 2.45. The Kier molecular flexibility index (Phi) is 4.88. The zero-order valence-electron chi connectivity index (χ0n) is 10.4. The summed E-state index contributed by atoms with van der Waals surface area (Å²) in [6.07, 6.45) is 0.851. The molecule has 2 aromatic rings.